The molecule has 0 spiro atoms. The van der Waals surface area contributed by atoms with Gasteiger partial charge in [-0.25, -0.2) is 0 Å². The van der Waals surface area contributed by atoms with Crippen LogP contribution in [0.4, 0.5) is 0 Å². The van der Waals surface area contributed by atoms with Gasteiger partial charge in [0.15, 0.2) is 0 Å². The molecule has 0 radical (unpaired) electrons. The van der Waals surface area contributed by atoms with Crippen LogP contribution < -0.4 is 18.9 Å². The summed E-state index contributed by atoms with van der Waals surface area (Å²) in [6.07, 6.45) is 3.59. The van der Waals surface area contributed by atoms with Crippen molar-refractivity contribution in [3.63, 3.8) is 0 Å². The summed E-state index contributed by atoms with van der Waals surface area (Å²) in [6, 6.07) is 3.87. The first-order chi connectivity index (χ1) is 6.60. The van der Waals surface area contributed by atoms with Gasteiger partial charge in [0.25, 0.3) is 0 Å². The van der Waals surface area contributed by atoms with Gasteiger partial charge >= 0.3 is 18.9 Å². The zero-order valence-electron chi connectivity index (χ0n) is 9.60. The predicted octanol–water partition coefficient (Wildman–Crippen LogP) is 0.741. The van der Waals surface area contributed by atoms with Crippen molar-refractivity contribution in [1.82, 2.24) is 4.98 Å². The Hall–Kier alpha value is -0.00260. The molecule has 0 unspecified atom stereocenters. The second-order valence-corrected chi connectivity index (χ2v) is 3.91. The number of pyridine rings is 1. The van der Waals surface area contributed by atoms with E-state index in [1.54, 1.807) is 0 Å². The van der Waals surface area contributed by atoms with Crippen molar-refractivity contribution >= 4 is 22.6 Å². The van der Waals surface area contributed by atoms with Gasteiger partial charge in [0, 0.05) is 0 Å². The van der Waals surface area contributed by atoms with E-state index in [1.165, 1.54) is 5.56 Å². The van der Waals surface area contributed by atoms with Gasteiger partial charge in [0.05, 0.1) is 0 Å². The van der Waals surface area contributed by atoms with E-state index < -0.39 is 0 Å². The molecule has 1 aromatic rings. The number of aromatic nitrogens is 1. The number of hydrogen-bond donors (Lipinski definition) is 0. The van der Waals surface area contributed by atoms with Crippen molar-refractivity contribution in [3.8, 4) is 0 Å². The minimum atomic E-state index is 0. The maximum absolute atomic E-state index is 3.90. The molecule has 1 nitrogen and oxygen atoms in total. The first kappa shape index (κ1) is 17.4. The van der Waals surface area contributed by atoms with Crippen molar-refractivity contribution in [2.75, 3.05) is 0 Å². The van der Waals surface area contributed by atoms with Crippen LogP contribution in [0.2, 0.25) is 0 Å². The van der Waals surface area contributed by atoms with Gasteiger partial charge < -0.3 is 11.9 Å². The van der Waals surface area contributed by atoms with Crippen molar-refractivity contribution < 1.29 is 18.9 Å². The summed E-state index contributed by atoms with van der Waals surface area (Å²) in [5.74, 6) is 0. The fraction of sp³-hybridized carbons (Fsp3) is 0.250. The van der Waals surface area contributed by atoms with E-state index in [2.05, 4.69) is 53.0 Å². The Kier molecular flexibility index (Phi) is 12.2. The van der Waals surface area contributed by atoms with Gasteiger partial charge in [0.1, 0.15) is 0 Å². The van der Waals surface area contributed by atoms with E-state index in [-0.39, 0.29) is 18.9 Å². The van der Waals surface area contributed by atoms with Crippen molar-refractivity contribution in [2.24, 2.45) is 0 Å². The average Bonchev–Trinajstić information content (AvgIpc) is 2.17. The predicted molar refractivity (Wildman–Crippen MR) is 68.8 cm³/mol. The third kappa shape index (κ3) is 10.3. The standard InChI is InChI=1S/C6H5IN.C6H9.Li/c1-5-2-3-8-6(7)4-5;1-4-6(3)5-2;/h2,4H,1H3;1-2,4H2,3H3;/q2*-1;+1. The van der Waals surface area contributed by atoms with E-state index in [9.17, 15) is 0 Å². The Bertz CT molecular complexity index is 313. The van der Waals surface area contributed by atoms with Gasteiger partial charge in [-0.2, -0.15) is 18.1 Å². The fourth-order valence-corrected chi connectivity index (χ4v) is 1.18. The van der Waals surface area contributed by atoms with Crippen molar-refractivity contribution in [2.45, 2.75) is 20.3 Å². The number of halogens is 1. The minimum Gasteiger partial charge on any atom is -0.380 e. The Morgan fingerprint density at radius 2 is 2.33 bits per heavy atom. The molecule has 0 atom stereocenters. The van der Waals surface area contributed by atoms with Crippen LogP contribution in [0.1, 0.15) is 18.9 Å². The molecule has 0 saturated carbocycles. The molecule has 1 aromatic heterocycles. The third-order valence-electron chi connectivity index (χ3n) is 1.49. The van der Waals surface area contributed by atoms with Crippen LogP contribution in [-0.2, 0) is 0 Å². The van der Waals surface area contributed by atoms with Crippen LogP contribution in [-0.4, -0.2) is 4.98 Å². The third-order valence-corrected chi connectivity index (χ3v) is 2.04. The second-order valence-electron chi connectivity index (χ2n) is 2.80. The molecule has 0 aliphatic rings. The van der Waals surface area contributed by atoms with E-state index in [1.807, 2.05) is 26.0 Å². The Morgan fingerprint density at radius 3 is 2.53 bits per heavy atom. The Balaban J connectivity index is 0. The smallest absolute Gasteiger partial charge is 0.380 e. The van der Waals surface area contributed by atoms with E-state index in [0.717, 1.165) is 15.7 Å². The van der Waals surface area contributed by atoms with E-state index >= 15 is 0 Å². The summed E-state index contributed by atoms with van der Waals surface area (Å²) in [4.78, 5) is 3.90. The van der Waals surface area contributed by atoms with Gasteiger partial charge in [-0.3, -0.25) is 0 Å². The maximum Gasteiger partial charge on any atom is 1.00 e. The van der Waals surface area contributed by atoms with Gasteiger partial charge in [-0.1, -0.05) is 25.3 Å². The molecule has 0 bridgehead atoms. The van der Waals surface area contributed by atoms with Gasteiger partial charge in [-0.05, 0) is 10.6 Å². The number of nitrogens with zero attached hydrogens (tertiary/aromatic N) is 1. The molecule has 0 amide bonds. The summed E-state index contributed by atoms with van der Waals surface area (Å²) in [6.45, 7) is 11.0. The second kappa shape index (κ2) is 10.5. The summed E-state index contributed by atoms with van der Waals surface area (Å²) in [5, 5.41) is 0. The Morgan fingerprint density at radius 1 is 1.73 bits per heavy atom. The number of rotatable bonds is 1. The minimum absolute atomic E-state index is 0. The summed E-state index contributed by atoms with van der Waals surface area (Å²) < 4.78 is 1.00. The van der Waals surface area contributed by atoms with E-state index in [0.29, 0.717) is 0 Å². The molecule has 0 aromatic carbocycles. The summed E-state index contributed by atoms with van der Waals surface area (Å²) in [7, 11) is 0. The molecule has 3 heteroatoms. The van der Waals surface area contributed by atoms with Crippen LogP contribution in [0.25, 0.3) is 0 Å². The molecular weight excluding hydrogens is 292 g/mol. The zero-order chi connectivity index (χ0) is 11.0. The number of allylic oxidation sites excluding steroid dienone is 1. The molecule has 0 fully saturated rings. The Labute approximate surface area is 118 Å². The average molecular weight is 306 g/mol. The molecule has 0 aliphatic carbocycles. The zero-order valence-corrected chi connectivity index (χ0v) is 11.8. The molecular formula is C12H14ILiN-. The molecule has 1 rings (SSSR count). The number of hydrogen-bond acceptors (Lipinski definition) is 1. The number of aryl methyl sites for hydroxylation is 1. The van der Waals surface area contributed by atoms with Crippen LogP contribution >= 0.6 is 22.6 Å². The summed E-state index contributed by atoms with van der Waals surface area (Å²) in [5.41, 5.74) is 5.05. The molecule has 1 heterocycles. The van der Waals surface area contributed by atoms with Gasteiger partial charge in [-0.15, -0.1) is 34.4 Å². The monoisotopic (exact) mass is 306 g/mol. The maximum atomic E-state index is 3.90. The fourth-order valence-electron chi connectivity index (χ4n) is 0.546. The molecule has 15 heavy (non-hydrogen) atoms. The first-order valence-electron chi connectivity index (χ1n) is 4.25. The first-order valence-corrected chi connectivity index (χ1v) is 5.33. The molecule has 0 saturated heterocycles. The van der Waals surface area contributed by atoms with Crippen LogP contribution in [0, 0.1) is 23.7 Å². The SMILES string of the molecule is C=C=C(C)C[CH2-].Cc1c[c-]nc(I)c1.[Li+]. The van der Waals surface area contributed by atoms with Crippen molar-refractivity contribution in [3.05, 3.63) is 52.4 Å². The van der Waals surface area contributed by atoms with Crippen molar-refractivity contribution in [1.29, 1.82) is 0 Å². The summed E-state index contributed by atoms with van der Waals surface area (Å²) >= 11 is 2.16. The van der Waals surface area contributed by atoms with Crippen LogP contribution in [0.15, 0.2) is 30.0 Å². The topological polar surface area (TPSA) is 12.9 Å². The molecule has 0 aliphatic heterocycles. The molecule has 0 N–H and O–H groups in total. The molecule has 76 valence electrons. The quantitative estimate of drug-likeness (QED) is 0.245. The largest absolute Gasteiger partial charge is 1.00 e. The normalized spacial score (nSPS) is 7.73. The van der Waals surface area contributed by atoms with Crippen LogP contribution in [0.3, 0.4) is 0 Å². The van der Waals surface area contributed by atoms with E-state index in [4.69, 9.17) is 0 Å². The van der Waals surface area contributed by atoms with Crippen LogP contribution in [0.5, 0.6) is 0 Å². The van der Waals surface area contributed by atoms with Gasteiger partial charge in [0.2, 0.25) is 0 Å².